The van der Waals surface area contributed by atoms with Crippen molar-refractivity contribution in [1.82, 2.24) is 20.9 Å². The Morgan fingerprint density at radius 3 is 2.59 bits per heavy atom. The summed E-state index contributed by atoms with van der Waals surface area (Å²) in [4.78, 5) is 16.8. The van der Waals surface area contributed by atoms with E-state index in [1.165, 1.54) is 11.3 Å². The summed E-state index contributed by atoms with van der Waals surface area (Å²) in [5, 5.41) is 43.8. The molecule has 1 saturated carbocycles. The number of nitrogens with zero attached hydrogens (tertiary/aromatic N) is 1. The molecule has 3 heterocycles. The van der Waals surface area contributed by atoms with E-state index < -0.39 is 54.6 Å². The molecule has 0 radical (unpaired) electrons. The Hall–Kier alpha value is -1.42. The van der Waals surface area contributed by atoms with Gasteiger partial charge in [-0.2, -0.15) is 0 Å². The second kappa shape index (κ2) is 9.08. The number of anilines is 1. The fourth-order valence-electron chi connectivity index (χ4n) is 4.83. The maximum absolute atomic E-state index is 12.7. The van der Waals surface area contributed by atoms with Gasteiger partial charge in [-0.15, -0.1) is 11.3 Å². The Morgan fingerprint density at radius 1 is 1.25 bits per heavy atom. The zero-order valence-corrected chi connectivity index (χ0v) is 18.9. The molecule has 2 saturated heterocycles. The van der Waals surface area contributed by atoms with E-state index in [0.29, 0.717) is 10.8 Å². The third-order valence-electron chi connectivity index (χ3n) is 6.40. The lowest BCUT2D eigenvalue weighted by Crippen LogP contribution is -2.79. The monoisotopic (exact) mass is 473 g/mol. The van der Waals surface area contributed by atoms with Crippen LogP contribution in [-0.2, 0) is 25.4 Å². The number of aliphatic hydroxyl groups excluding tert-OH is 2. The molecule has 0 bridgehead atoms. The zero-order valence-electron chi connectivity index (χ0n) is 18.1. The Bertz CT molecular complexity index is 830. The first-order valence-corrected chi connectivity index (χ1v) is 11.5. The van der Waals surface area contributed by atoms with E-state index in [-0.39, 0.29) is 24.9 Å². The first-order chi connectivity index (χ1) is 15.2. The van der Waals surface area contributed by atoms with Crippen LogP contribution in [0.5, 0.6) is 0 Å². The van der Waals surface area contributed by atoms with E-state index in [2.05, 4.69) is 20.9 Å². The van der Waals surface area contributed by atoms with E-state index in [1.54, 1.807) is 26.4 Å². The van der Waals surface area contributed by atoms with Gasteiger partial charge in [-0.1, -0.05) is 0 Å². The molecule has 2 aliphatic heterocycles. The molecule has 6 unspecified atom stereocenters. The number of nitrogens with one attached hydrogen (secondary N) is 3. The van der Waals surface area contributed by atoms with Crippen molar-refractivity contribution in [2.45, 2.75) is 80.5 Å². The van der Waals surface area contributed by atoms with Crippen LogP contribution in [0, 0.1) is 0 Å². The lowest BCUT2D eigenvalue weighted by Gasteiger charge is -2.58. The average Bonchev–Trinajstić information content (AvgIpc) is 3.13. The Morgan fingerprint density at radius 2 is 1.97 bits per heavy atom. The Kier molecular flexibility index (Phi) is 6.73. The summed E-state index contributed by atoms with van der Waals surface area (Å²) in [5.41, 5.74) is 6.16. The van der Waals surface area contributed by atoms with Gasteiger partial charge in [-0.25, -0.2) is 4.98 Å². The highest BCUT2D eigenvalue weighted by atomic mass is 32.1. The predicted molar refractivity (Wildman–Crippen MR) is 114 cm³/mol. The van der Waals surface area contributed by atoms with Gasteiger partial charge in [0.05, 0.1) is 42.4 Å². The average molecular weight is 474 g/mol. The number of hydrogen-bond donors (Lipinski definition) is 7. The Labute approximate surface area is 189 Å². The molecule has 3 fully saturated rings. The van der Waals surface area contributed by atoms with Crippen LogP contribution in [0.1, 0.15) is 19.0 Å². The van der Waals surface area contributed by atoms with Crippen molar-refractivity contribution in [1.29, 1.82) is 0 Å². The van der Waals surface area contributed by atoms with E-state index in [1.807, 2.05) is 0 Å². The van der Waals surface area contributed by atoms with Crippen LogP contribution < -0.4 is 21.7 Å². The van der Waals surface area contributed by atoms with Crippen LogP contribution in [0.2, 0.25) is 0 Å². The highest BCUT2D eigenvalue weighted by Gasteiger charge is 2.63. The van der Waals surface area contributed by atoms with Crippen molar-refractivity contribution in [3.05, 3.63) is 11.1 Å². The van der Waals surface area contributed by atoms with Crippen molar-refractivity contribution in [3.8, 4) is 0 Å². The van der Waals surface area contributed by atoms with Gasteiger partial charge in [0, 0.05) is 5.38 Å². The standard InChI is InChI=1S/C19H31N5O7S/c1-7-4-9(24-10(25)5-8-6-32-18(20)23-8)19(28)17(29-7)30-16-14(27)11(21-2)13(26)12(22-3)15(16)31-19/h6-7,9,11-17,21-22,26-28H,4-5H2,1-3H3,(H2,20,23)(H,24,25)/t7-,9?,11-,12?,13+,14+,15?,16?,17?,19?/m1/s1. The van der Waals surface area contributed by atoms with Crippen LogP contribution in [0.25, 0.3) is 0 Å². The number of carbonyl (C=O) groups excluding carboxylic acids is 1. The summed E-state index contributed by atoms with van der Waals surface area (Å²) in [7, 11) is 3.28. The second-order valence-electron chi connectivity index (χ2n) is 8.53. The number of likely N-dealkylation sites (N-methyl/N-ethyl adjacent to an activating group) is 2. The fourth-order valence-corrected chi connectivity index (χ4v) is 5.39. The number of fused-ring (bicyclic) bond motifs is 2. The maximum atomic E-state index is 12.7. The maximum Gasteiger partial charge on any atom is 0.239 e. The van der Waals surface area contributed by atoms with Crippen LogP contribution in [-0.4, -0.2) is 101 Å². The molecular formula is C19H31N5O7S. The summed E-state index contributed by atoms with van der Waals surface area (Å²) in [5.74, 6) is -2.39. The highest BCUT2D eigenvalue weighted by Crippen LogP contribution is 2.42. The molecule has 4 rings (SSSR count). The summed E-state index contributed by atoms with van der Waals surface area (Å²) in [6.45, 7) is 1.79. The molecule has 10 atom stereocenters. The predicted octanol–water partition coefficient (Wildman–Crippen LogP) is -2.73. The van der Waals surface area contributed by atoms with E-state index in [4.69, 9.17) is 19.9 Å². The third kappa shape index (κ3) is 4.13. The first-order valence-electron chi connectivity index (χ1n) is 10.6. The molecule has 1 aromatic heterocycles. The normalized spacial score (nSPS) is 43.9. The fraction of sp³-hybridized carbons (Fsp3) is 0.789. The second-order valence-corrected chi connectivity index (χ2v) is 9.42. The third-order valence-corrected chi connectivity index (χ3v) is 7.12. The minimum Gasteiger partial charge on any atom is -0.390 e. The van der Waals surface area contributed by atoms with Gasteiger partial charge >= 0.3 is 0 Å². The minimum atomic E-state index is -2.02. The molecular weight excluding hydrogens is 442 g/mol. The summed E-state index contributed by atoms with van der Waals surface area (Å²) in [6, 6.07) is -2.18. The molecule has 32 heavy (non-hydrogen) atoms. The van der Waals surface area contributed by atoms with Crippen LogP contribution in [0.4, 0.5) is 5.13 Å². The molecule has 1 aliphatic carbocycles. The Balaban J connectivity index is 1.56. The highest BCUT2D eigenvalue weighted by molar-refractivity contribution is 7.13. The van der Waals surface area contributed by atoms with Gasteiger partial charge in [0.2, 0.25) is 18.0 Å². The van der Waals surface area contributed by atoms with Crippen molar-refractivity contribution in [3.63, 3.8) is 0 Å². The first kappa shape index (κ1) is 23.7. The molecule has 0 spiro atoms. The lowest BCUT2D eigenvalue weighted by atomic mass is 9.79. The quantitative estimate of drug-likeness (QED) is 0.236. The van der Waals surface area contributed by atoms with E-state index in [0.717, 1.165) is 0 Å². The molecule has 3 aliphatic rings. The largest absolute Gasteiger partial charge is 0.390 e. The van der Waals surface area contributed by atoms with Crippen molar-refractivity contribution >= 4 is 22.4 Å². The number of carbonyl (C=O) groups is 1. The van der Waals surface area contributed by atoms with Crippen LogP contribution in [0.3, 0.4) is 0 Å². The molecule has 1 aromatic rings. The number of rotatable bonds is 5. The number of nitrogen functional groups attached to an aromatic ring is 1. The van der Waals surface area contributed by atoms with E-state index in [9.17, 15) is 20.1 Å². The molecule has 1 amide bonds. The van der Waals surface area contributed by atoms with Crippen LogP contribution in [0.15, 0.2) is 5.38 Å². The van der Waals surface area contributed by atoms with Crippen LogP contribution >= 0.6 is 11.3 Å². The molecule has 0 aromatic carbocycles. The van der Waals surface area contributed by atoms with Gasteiger partial charge in [0.15, 0.2) is 5.13 Å². The number of hydrogen-bond acceptors (Lipinski definition) is 12. The smallest absolute Gasteiger partial charge is 0.239 e. The van der Waals surface area contributed by atoms with Crippen molar-refractivity contribution in [2.75, 3.05) is 19.8 Å². The van der Waals surface area contributed by atoms with Gasteiger partial charge in [0.25, 0.3) is 0 Å². The van der Waals surface area contributed by atoms with Crippen molar-refractivity contribution in [2.24, 2.45) is 0 Å². The minimum absolute atomic E-state index is 0.00643. The molecule has 180 valence electrons. The number of ether oxygens (including phenoxy) is 3. The lowest BCUT2D eigenvalue weighted by molar-refractivity contribution is -0.449. The van der Waals surface area contributed by atoms with Gasteiger partial charge in [-0.3, -0.25) is 4.79 Å². The molecule has 13 heteroatoms. The van der Waals surface area contributed by atoms with E-state index >= 15 is 0 Å². The number of amides is 1. The zero-order chi connectivity index (χ0) is 23.2. The number of thiazole rings is 1. The molecule has 12 nitrogen and oxygen atoms in total. The number of nitrogens with two attached hydrogens (primary N) is 1. The molecule has 8 N–H and O–H groups in total. The summed E-state index contributed by atoms with van der Waals surface area (Å²) in [6.07, 6.45) is -5.24. The SMILES string of the molecule is CNC1C2OC3(O)C(NC(=O)Cc4csc(N)n4)C[C@@H](C)OC3OC2[C@@H](O)[C@H](NC)[C@@H]1O. The number of aromatic nitrogens is 1. The van der Waals surface area contributed by atoms with Gasteiger partial charge in [0.1, 0.15) is 18.3 Å². The van der Waals surface area contributed by atoms with Gasteiger partial charge < -0.3 is 51.2 Å². The number of aliphatic hydroxyl groups is 3. The van der Waals surface area contributed by atoms with Crippen molar-refractivity contribution < 1.29 is 34.3 Å². The summed E-state index contributed by atoms with van der Waals surface area (Å²) < 4.78 is 17.9. The summed E-state index contributed by atoms with van der Waals surface area (Å²) >= 11 is 1.24. The van der Waals surface area contributed by atoms with Gasteiger partial charge in [-0.05, 0) is 27.4 Å². The topological polar surface area (TPSA) is 180 Å².